The van der Waals surface area contributed by atoms with Gasteiger partial charge in [-0.05, 0) is 37.3 Å². The van der Waals surface area contributed by atoms with Crippen LogP contribution in [0.1, 0.15) is 23.0 Å². The number of ketones is 1. The maximum absolute atomic E-state index is 12.3. The minimum atomic E-state index is -0.199. The van der Waals surface area contributed by atoms with Gasteiger partial charge in [0.1, 0.15) is 5.58 Å². The molecule has 0 aliphatic heterocycles. The molecule has 1 heterocycles. The molecule has 0 spiro atoms. The van der Waals surface area contributed by atoms with E-state index in [-0.39, 0.29) is 5.78 Å². The average molecular weight is 322 g/mol. The van der Waals surface area contributed by atoms with Gasteiger partial charge in [0, 0.05) is 10.9 Å². The number of fused-ring (bicyclic) bond motifs is 1. The van der Waals surface area contributed by atoms with E-state index in [1.165, 1.54) is 6.08 Å². The van der Waals surface area contributed by atoms with Gasteiger partial charge in [0.2, 0.25) is 5.78 Å². The SMILES string of the molecule is CCOc1cccc(/C=C/C(=O)c2cc3ccccc3o2)c1OC. The van der Waals surface area contributed by atoms with Crippen LogP contribution < -0.4 is 9.47 Å². The zero-order chi connectivity index (χ0) is 16.9. The fraction of sp³-hybridized carbons (Fsp3) is 0.150. The Bertz CT molecular complexity index is 857. The molecule has 3 aromatic rings. The molecule has 3 rings (SSSR count). The molecule has 0 saturated carbocycles. The zero-order valence-corrected chi connectivity index (χ0v) is 13.6. The van der Waals surface area contributed by atoms with Crippen LogP contribution in [0.25, 0.3) is 17.0 Å². The first-order chi connectivity index (χ1) is 11.7. The molecule has 0 aliphatic rings. The van der Waals surface area contributed by atoms with Crippen molar-refractivity contribution in [2.24, 2.45) is 0 Å². The van der Waals surface area contributed by atoms with E-state index in [0.717, 1.165) is 10.9 Å². The maximum Gasteiger partial charge on any atom is 0.221 e. The smallest absolute Gasteiger partial charge is 0.221 e. The summed E-state index contributed by atoms with van der Waals surface area (Å²) >= 11 is 0. The normalized spacial score (nSPS) is 11.1. The summed E-state index contributed by atoms with van der Waals surface area (Å²) in [4.78, 5) is 12.3. The number of hydrogen-bond acceptors (Lipinski definition) is 4. The highest BCUT2D eigenvalue weighted by Crippen LogP contribution is 2.32. The minimum absolute atomic E-state index is 0.199. The topological polar surface area (TPSA) is 48.7 Å². The summed E-state index contributed by atoms with van der Waals surface area (Å²) in [6.07, 6.45) is 3.18. The lowest BCUT2D eigenvalue weighted by Gasteiger charge is -2.11. The van der Waals surface area contributed by atoms with E-state index < -0.39 is 0 Å². The number of allylic oxidation sites excluding steroid dienone is 1. The zero-order valence-electron chi connectivity index (χ0n) is 13.6. The first-order valence-corrected chi connectivity index (χ1v) is 7.73. The van der Waals surface area contributed by atoms with Crippen LogP contribution in [0, 0.1) is 0 Å². The van der Waals surface area contributed by atoms with Crippen molar-refractivity contribution in [2.75, 3.05) is 13.7 Å². The molecule has 4 nitrogen and oxygen atoms in total. The van der Waals surface area contributed by atoms with Crippen molar-refractivity contribution in [2.45, 2.75) is 6.92 Å². The van der Waals surface area contributed by atoms with Gasteiger partial charge in [-0.1, -0.05) is 30.3 Å². The van der Waals surface area contributed by atoms with E-state index in [2.05, 4.69) is 0 Å². The summed E-state index contributed by atoms with van der Waals surface area (Å²) in [5, 5.41) is 0.908. The Labute approximate surface area is 140 Å². The van der Waals surface area contributed by atoms with Crippen LogP contribution in [0.5, 0.6) is 11.5 Å². The summed E-state index contributed by atoms with van der Waals surface area (Å²) in [7, 11) is 1.58. The monoisotopic (exact) mass is 322 g/mol. The summed E-state index contributed by atoms with van der Waals surface area (Å²) in [6.45, 7) is 2.45. The van der Waals surface area contributed by atoms with Crippen LogP contribution in [0.15, 0.2) is 59.0 Å². The van der Waals surface area contributed by atoms with Crippen molar-refractivity contribution in [1.82, 2.24) is 0 Å². The molecule has 0 radical (unpaired) electrons. The van der Waals surface area contributed by atoms with Crippen molar-refractivity contribution in [3.05, 3.63) is 65.9 Å². The fourth-order valence-corrected chi connectivity index (χ4v) is 2.50. The number of methoxy groups -OCH3 is 1. The van der Waals surface area contributed by atoms with E-state index in [9.17, 15) is 4.79 Å². The molecule has 0 saturated heterocycles. The minimum Gasteiger partial charge on any atom is -0.492 e. The van der Waals surface area contributed by atoms with Crippen LogP contribution in [0.2, 0.25) is 0 Å². The largest absolute Gasteiger partial charge is 0.492 e. The number of furan rings is 1. The van der Waals surface area contributed by atoms with Gasteiger partial charge in [0.15, 0.2) is 17.3 Å². The van der Waals surface area contributed by atoms with Crippen molar-refractivity contribution < 1.29 is 18.7 Å². The van der Waals surface area contributed by atoms with Gasteiger partial charge < -0.3 is 13.9 Å². The lowest BCUT2D eigenvalue weighted by Crippen LogP contribution is -1.97. The van der Waals surface area contributed by atoms with Crippen LogP contribution in [-0.2, 0) is 0 Å². The third-order valence-electron chi connectivity index (χ3n) is 3.60. The number of carbonyl (C=O) groups is 1. The Morgan fingerprint density at radius 3 is 2.75 bits per heavy atom. The van der Waals surface area contributed by atoms with Crippen LogP contribution in [-0.4, -0.2) is 19.5 Å². The Kier molecular flexibility index (Phi) is 4.66. The number of benzene rings is 2. The third kappa shape index (κ3) is 3.18. The second kappa shape index (κ2) is 7.04. The van der Waals surface area contributed by atoms with Crippen LogP contribution >= 0.6 is 0 Å². The Morgan fingerprint density at radius 2 is 2.00 bits per heavy atom. The van der Waals surface area contributed by atoms with Gasteiger partial charge >= 0.3 is 0 Å². The molecule has 1 aromatic heterocycles. The molecule has 0 amide bonds. The molecule has 0 aliphatic carbocycles. The number of carbonyl (C=O) groups excluding carboxylic acids is 1. The highest BCUT2D eigenvalue weighted by molar-refractivity contribution is 6.07. The number of para-hydroxylation sites is 2. The molecular weight excluding hydrogens is 304 g/mol. The highest BCUT2D eigenvalue weighted by Gasteiger charge is 2.11. The van der Waals surface area contributed by atoms with Crippen molar-refractivity contribution in [1.29, 1.82) is 0 Å². The Balaban J connectivity index is 1.87. The van der Waals surface area contributed by atoms with E-state index in [0.29, 0.717) is 29.4 Å². The van der Waals surface area contributed by atoms with E-state index in [4.69, 9.17) is 13.9 Å². The quantitative estimate of drug-likeness (QED) is 0.486. The molecule has 0 N–H and O–H groups in total. The number of ether oxygens (including phenoxy) is 2. The standard InChI is InChI=1S/C20H18O4/c1-3-23-18-10-6-8-14(20(18)22-2)11-12-16(21)19-13-15-7-4-5-9-17(15)24-19/h4-13H,3H2,1-2H3/b12-11+. The summed E-state index contributed by atoms with van der Waals surface area (Å²) in [5.41, 5.74) is 1.47. The van der Waals surface area contributed by atoms with Gasteiger partial charge in [0.25, 0.3) is 0 Å². The van der Waals surface area contributed by atoms with E-state index in [1.54, 1.807) is 19.3 Å². The lowest BCUT2D eigenvalue weighted by molar-refractivity contribution is 0.102. The van der Waals surface area contributed by atoms with Crippen LogP contribution in [0.3, 0.4) is 0 Å². The summed E-state index contributed by atoms with van der Waals surface area (Å²) in [6, 6.07) is 14.8. The number of rotatable bonds is 6. The summed E-state index contributed by atoms with van der Waals surface area (Å²) in [5.74, 6) is 1.37. The molecule has 0 fully saturated rings. The molecular formula is C20H18O4. The first kappa shape index (κ1) is 15.9. The molecule has 0 atom stereocenters. The van der Waals surface area contributed by atoms with E-state index >= 15 is 0 Å². The van der Waals surface area contributed by atoms with Crippen LogP contribution in [0.4, 0.5) is 0 Å². The predicted molar refractivity (Wildman–Crippen MR) is 93.7 cm³/mol. The maximum atomic E-state index is 12.3. The Morgan fingerprint density at radius 1 is 1.17 bits per heavy atom. The van der Waals surface area contributed by atoms with Crippen molar-refractivity contribution >= 4 is 22.8 Å². The molecule has 2 aromatic carbocycles. The predicted octanol–water partition coefficient (Wildman–Crippen LogP) is 4.74. The van der Waals surface area contributed by atoms with Crippen molar-refractivity contribution in [3.8, 4) is 11.5 Å². The second-order valence-corrected chi connectivity index (χ2v) is 5.16. The van der Waals surface area contributed by atoms with Gasteiger partial charge in [0.05, 0.1) is 13.7 Å². The van der Waals surface area contributed by atoms with Crippen molar-refractivity contribution in [3.63, 3.8) is 0 Å². The Hall–Kier alpha value is -3.01. The van der Waals surface area contributed by atoms with E-state index in [1.807, 2.05) is 49.4 Å². The first-order valence-electron chi connectivity index (χ1n) is 7.73. The molecule has 4 heteroatoms. The molecule has 0 unspecified atom stereocenters. The molecule has 0 bridgehead atoms. The lowest BCUT2D eigenvalue weighted by atomic mass is 10.1. The van der Waals surface area contributed by atoms with Gasteiger partial charge in [-0.15, -0.1) is 0 Å². The number of hydrogen-bond donors (Lipinski definition) is 0. The summed E-state index contributed by atoms with van der Waals surface area (Å²) < 4.78 is 16.5. The third-order valence-corrected chi connectivity index (χ3v) is 3.60. The average Bonchev–Trinajstić information content (AvgIpc) is 3.04. The highest BCUT2D eigenvalue weighted by atomic mass is 16.5. The van der Waals surface area contributed by atoms with Gasteiger partial charge in [-0.2, -0.15) is 0 Å². The molecule has 24 heavy (non-hydrogen) atoms. The second-order valence-electron chi connectivity index (χ2n) is 5.16. The molecule has 122 valence electrons. The fourth-order valence-electron chi connectivity index (χ4n) is 2.50. The van der Waals surface area contributed by atoms with Gasteiger partial charge in [-0.25, -0.2) is 0 Å². The van der Waals surface area contributed by atoms with Gasteiger partial charge in [-0.3, -0.25) is 4.79 Å².